The van der Waals surface area contributed by atoms with E-state index >= 15 is 0 Å². The van der Waals surface area contributed by atoms with Gasteiger partial charge in [-0.1, -0.05) is 11.6 Å². The minimum atomic E-state index is 0.741. The Morgan fingerprint density at radius 2 is 2.18 bits per heavy atom. The first-order valence-corrected chi connectivity index (χ1v) is 6.85. The van der Waals surface area contributed by atoms with Crippen LogP contribution in [0, 0.1) is 0 Å². The van der Waals surface area contributed by atoms with E-state index < -0.39 is 0 Å². The molecule has 0 amide bonds. The zero-order valence-electron chi connectivity index (χ0n) is 9.32. The molecular weight excluding hydrogens is 252 g/mol. The molecule has 1 aromatic carbocycles. The van der Waals surface area contributed by atoms with Gasteiger partial charge in [0, 0.05) is 23.0 Å². The van der Waals surface area contributed by atoms with Gasteiger partial charge in [-0.05, 0) is 41.6 Å². The van der Waals surface area contributed by atoms with Crippen LogP contribution in [0.4, 0.5) is 11.4 Å². The second-order valence-corrected chi connectivity index (χ2v) is 5.68. The van der Waals surface area contributed by atoms with E-state index in [1.54, 1.807) is 0 Å². The van der Waals surface area contributed by atoms with E-state index in [2.05, 4.69) is 16.3 Å². The standard InChI is InChI=1S/C13H13ClN2S/c14-10-1-2-11(15)12(7-10)16-5-3-13-9(8-16)4-6-17-13/h1-2,4,6-7H,3,5,8,15H2. The van der Waals surface area contributed by atoms with Crippen LogP contribution in [0.5, 0.6) is 0 Å². The average molecular weight is 265 g/mol. The molecule has 17 heavy (non-hydrogen) atoms. The fourth-order valence-corrected chi connectivity index (χ4v) is 3.30. The molecule has 2 heterocycles. The summed E-state index contributed by atoms with van der Waals surface area (Å²) in [7, 11) is 0. The molecule has 0 radical (unpaired) electrons. The zero-order valence-corrected chi connectivity index (χ0v) is 10.9. The summed E-state index contributed by atoms with van der Waals surface area (Å²) in [6, 6.07) is 7.86. The smallest absolute Gasteiger partial charge is 0.0617 e. The third-order valence-corrected chi connectivity index (χ3v) is 4.40. The van der Waals surface area contributed by atoms with Crippen molar-refractivity contribution < 1.29 is 0 Å². The van der Waals surface area contributed by atoms with Crippen molar-refractivity contribution in [2.24, 2.45) is 0 Å². The number of hydrogen-bond acceptors (Lipinski definition) is 3. The molecule has 88 valence electrons. The Hall–Kier alpha value is -1.19. The maximum absolute atomic E-state index is 6.03. The summed E-state index contributed by atoms with van der Waals surface area (Å²) < 4.78 is 0. The number of anilines is 2. The number of rotatable bonds is 1. The summed E-state index contributed by atoms with van der Waals surface area (Å²) >= 11 is 7.88. The predicted octanol–water partition coefficient (Wildman–Crippen LogP) is 3.55. The van der Waals surface area contributed by atoms with Crippen LogP contribution >= 0.6 is 22.9 Å². The molecule has 3 rings (SSSR count). The van der Waals surface area contributed by atoms with Gasteiger partial charge in [0.2, 0.25) is 0 Å². The van der Waals surface area contributed by atoms with Gasteiger partial charge in [0.1, 0.15) is 0 Å². The Labute approximate surface area is 110 Å². The van der Waals surface area contributed by atoms with Crippen LogP contribution in [0.2, 0.25) is 5.02 Å². The lowest BCUT2D eigenvalue weighted by Crippen LogP contribution is -2.29. The van der Waals surface area contributed by atoms with Gasteiger partial charge in [-0.2, -0.15) is 0 Å². The lowest BCUT2D eigenvalue weighted by Gasteiger charge is -2.30. The van der Waals surface area contributed by atoms with E-state index in [1.165, 1.54) is 10.4 Å². The Bertz CT molecular complexity index is 550. The van der Waals surface area contributed by atoms with Gasteiger partial charge >= 0.3 is 0 Å². The summed E-state index contributed by atoms with van der Waals surface area (Å²) in [4.78, 5) is 3.80. The SMILES string of the molecule is Nc1ccc(Cl)cc1N1CCc2sccc2C1. The quantitative estimate of drug-likeness (QED) is 0.799. The van der Waals surface area contributed by atoms with E-state index in [-0.39, 0.29) is 0 Å². The average Bonchev–Trinajstić information content (AvgIpc) is 2.79. The number of benzene rings is 1. The van der Waals surface area contributed by atoms with Crippen molar-refractivity contribution in [2.75, 3.05) is 17.2 Å². The Balaban J connectivity index is 1.94. The van der Waals surface area contributed by atoms with Crippen molar-refractivity contribution in [3.05, 3.63) is 45.1 Å². The molecule has 0 unspecified atom stereocenters. The highest BCUT2D eigenvalue weighted by Crippen LogP contribution is 2.32. The Morgan fingerprint density at radius 3 is 3.06 bits per heavy atom. The fraction of sp³-hybridized carbons (Fsp3) is 0.231. The summed E-state index contributed by atoms with van der Waals surface area (Å²) in [5.41, 5.74) is 9.28. The summed E-state index contributed by atoms with van der Waals surface area (Å²) in [5.74, 6) is 0. The van der Waals surface area contributed by atoms with Crippen molar-refractivity contribution >= 4 is 34.3 Å². The number of fused-ring (bicyclic) bond motifs is 1. The lowest BCUT2D eigenvalue weighted by molar-refractivity contribution is 0.745. The first-order chi connectivity index (χ1) is 8.24. The van der Waals surface area contributed by atoms with E-state index in [0.717, 1.165) is 35.9 Å². The largest absolute Gasteiger partial charge is 0.397 e. The molecule has 2 nitrogen and oxygen atoms in total. The van der Waals surface area contributed by atoms with Gasteiger partial charge in [0.15, 0.2) is 0 Å². The molecule has 2 N–H and O–H groups in total. The molecule has 1 aromatic heterocycles. The van der Waals surface area contributed by atoms with Crippen LogP contribution in [-0.2, 0) is 13.0 Å². The van der Waals surface area contributed by atoms with Crippen molar-refractivity contribution in [2.45, 2.75) is 13.0 Å². The molecule has 0 saturated carbocycles. The predicted molar refractivity (Wildman–Crippen MR) is 74.9 cm³/mol. The molecule has 4 heteroatoms. The first-order valence-electron chi connectivity index (χ1n) is 5.59. The number of nitrogens with zero attached hydrogens (tertiary/aromatic N) is 1. The Morgan fingerprint density at radius 1 is 1.29 bits per heavy atom. The third kappa shape index (κ3) is 2.01. The zero-order chi connectivity index (χ0) is 11.8. The third-order valence-electron chi connectivity index (χ3n) is 3.14. The molecule has 0 atom stereocenters. The van der Waals surface area contributed by atoms with Gasteiger partial charge in [0.25, 0.3) is 0 Å². The molecule has 0 saturated heterocycles. The minimum Gasteiger partial charge on any atom is -0.397 e. The van der Waals surface area contributed by atoms with Gasteiger partial charge < -0.3 is 10.6 Å². The van der Waals surface area contributed by atoms with Gasteiger partial charge in [-0.15, -0.1) is 11.3 Å². The van der Waals surface area contributed by atoms with Gasteiger partial charge in [-0.3, -0.25) is 0 Å². The molecule has 0 bridgehead atoms. The molecule has 0 aliphatic carbocycles. The van der Waals surface area contributed by atoms with Crippen molar-refractivity contribution in [3.8, 4) is 0 Å². The minimum absolute atomic E-state index is 0.741. The maximum Gasteiger partial charge on any atom is 0.0617 e. The van der Waals surface area contributed by atoms with E-state index in [1.807, 2.05) is 29.5 Å². The van der Waals surface area contributed by atoms with Crippen molar-refractivity contribution in [1.29, 1.82) is 0 Å². The second kappa shape index (κ2) is 4.24. The number of nitrogen functional groups attached to an aromatic ring is 1. The monoisotopic (exact) mass is 264 g/mol. The number of halogens is 1. The van der Waals surface area contributed by atoms with Crippen LogP contribution in [0.1, 0.15) is 10.4 Å². The first kappa shape index (κ1) is 10.9. The van der Waals surface area contributed by atoms with Crippen LogP contribution < -0.4 is 10.6 Å². The van der Waals surface area contributed by atoms with E-state index in [4.69, 9.17) is 17.3 Å². The van der Waals surface area contributed by atoms with E-state index in [9.17, 15) is 0 Å². The fourth-order valence-electron chi connectivity index (χ4n) is 2.24. The van der Waals surface area contributed by atoms with Gasteiger partial charge in [-0.25, -0.2) is 0 Å². The summed E-state index contributed by atoms with van der Waals surface area (Å²) in [5, 5.41) is 2.90. The van der Waals surface area contributed by atoms with Crippen LogP contribution in [0.25, 0.3) is 0 Å². The number of thiophene rings is 1. The second-order valence-electron chi connectivity index (χ2n) is 4.24. The highest BCUT2D eigenvalue weighted by atomic mass is 35.5. The number of hydrogen-bond donors (Lipinski definition) is 1. The topological polar surface area (TPSA) is 29.3 Å². The molecule has 1 aliphatic heterocycles. The lowest BCUT2D eigenvalue weighted by atomic mass is 10.1. The van der Waals surface area contributed by atoms with Crippen molar-refractivity contribution in [3.63, 3.8) is 0 Å². The summed E-state index contributed by atoms with van der Waals surface area (Å²) in [6.45, 7) is 1.95. The Kier molecular flexibility index (Phi) is 2.73. The normalized spacial score (nSPS) is 14.8. The highest BCUT2D eigenvalue weighted by molar-refractivity contribution is 7.10. The van der Waals surface area contributed by atoms with Crippen molar-refractivity contribution in [1.82, 2.24) is 0 Å². The molecule has 0 spiro atoms. The number of nitrogens with two attached hydrogens (primary N) is 1. The molecular formula is C13H13ClN2S. The maximum atomic E-state index is 6.03. The van der Waals surface area contributed by atoms with Crippen LogP contribution in [0.15, 0.2) is 29.6 Å². The molecule has 2 aromatic rings. The van der Waals surface area contributed by atoms with E-state index in [0.29, 0.717) is 0 Å². The van der Waals surface area contributed by atoms with Crippen LogP contribution in [-0.4, -0.2) is 6.54 Å². The molecule has 0 fully saturated rings. The molecule has 1 aliphatic rings. The van der Waals surface area contributed by atoms with Crippen LogP contribution in [0.3, 0.4) is 0 Å². The van der Waals surface area contributed by atoms with Gasteiger partial charge in [0.05, 0.1) is 11.4 Å². The summed E-state index contributed by atoms with van der Waals surface area (Å²) in [6.07, 6.45) is 1.10. The highest BCUT2D eigenvalue weighted by Gasteiger charge is 2.19.